The average molecular weight is 413 g/mol. The molecule has 1 aromatic heterocycles. The van der Waals surface area contributed by atoms with Crippen molar-refractivity contribution in [3.8, 4) is 11.4 Å². The number of hydrogen-bond acceptors (Lipinski definition) is 5. The second-order valence-electron chi connectivity index (χ2n) is 6.66. The lowest BCUT2D eigenvalue weighted by molar-refractivity contribution is -0.115. The van der Waals surface area contributed by atoms with E-state index in [-0.39, 0.29) is 23.9 Å². The zero-order valence-electron chi connectivity index (χ0n) is 15.3. The van der Waals surface area contributed by atoms with Crippen LogP contribution in [0, 0.1) is 6.92 Å². The Labute approximate surface area is 171 Å². The van der Waals surface area contributed by atoms with Crippen LogP contribution in [-0.2, 0) is 18.3 Å². The maximum atomic E-state index is 12.7. The monoisotopic (exact) mass is 412 g/mol. The lowest BCUT2D eigenvalue weighted by Gasteiger charge is -2.07. The predicted octanol–water partition coefficient (Wildman–Crippen LogP) is 3.91. The Morgan fingerprint density at radius 2 is 2.11 bits per heavy atom. The van der Waals surface area contributed by atoms with E-state index in [0.29, 0.717) is 21.4 Å². The molecular weight excluding hydrogens is 396 g/mol. The van der Waals surface area contributed by atoms with Crippen molar-refractivity contribution in [1.29, 1.82) is 0 Å². The molecule has 1 N–H and O–H groups in total. The van der Waals surface area contributed by atoms with Gasteiger partial charge in [-0.3, -0.25) is 9.59 Å². The van der Waals surface area contributed by atoms with Crippen LogP contribution in [0.4, 0.5) is 5.69 Å². The normalized spacial score (nSPS) is 12.8. The summed E-state index contributed by atoms with van der Waals surface area (Å²) in [6.07, 6.45) is 0.267. The van der Waals surface area contributed by atoms with E-state index in [1.807, 2.05) is 42.8 Å². The maximum Gasteiger partial charge on any atom is 0.228 e. The van der Waals surface area contributed by atoms with Crippen LogP contribution in [0.3, 0.4) is 0 Å². The van der Waals surface area contributed by atoms with Gasteiger partial charge in [-0.2, -0.15) is 0 Å². The van der Waals surface area contributed by atoms with Gasteiger partial charge in [0.2, 0.25) is 5.91 Å². The van der Waals surface area contributed by atoms with Gasteiger partial charge in [-0.25, -0.2) is 0 Å². The molecule has 3 aromatic rings. The fraction of sp³-hybridized carbons (Fsp3) is 0.200. The molecule has 0 unspecified atom stereocenters. The molecule has 2 aromatic carbocycles. The minimum atomic E-state index is -0.114. The summed E-state index contributed by atoms with van der Waals surface area (Å²) in [4.78, 5) is 24.2. The smallest absolute Gasteiger partial charge is 0.228 e. The molecule has 1 amide bonds. The highest BCUT2D eigenvalue weighted by atomic mass is 35.5. The number of anilines is 1. The number of amides is 1. The summed E-state index contributed by atoms with van der Waals surface area (Å²) >= 11 is 7.56. The third kappa shape index (κ3) is 3.55. The van der Waals surface area contributed by atoms with Gasteiger partial charge in [0.25, 0.3) is 0 Å². The molecule has 0 radical (unpaired) electrons. The number of Topliss-reactive ketones (excluding diaryl/α,β-unsaturated/α-hetero) is 1. The zero-order chi connectivity index (χ0) is 19.8. The van der Waals surface area contributed by atoms with E-state index in [4.69, 9.17) is 11.6 Å². The van der Waals surface area contributed by atoms with Crippen molar-refractivity contribution in [3.63, 3.8) is 0 Å². The minimum absolute atomic E-state index is 0.0900. The number of benzene rings is 2. The second kappa shape index (κ2) is 7.41. The van der Waals surface area contributed by atoms with Gasteiger partial charge in [-0.05, 0) is 30.7 Å². The van der Waals surface area contributed by atoms with Crippen LogP contribution in [0.1, 0.15) is 21.5 Å². The summed E-state index contributed by atoms with van der Waals surface area (Å²) in [6.45, 7) is 2.03. The molecule has 0 saturated heterocycles. The summed E-state index contributed by atoms with van der Waals surface area (Å²) in [7, 11) is 1.88. The summed E-state index contributed by atoms with van der Waals surface area (Å²) in [6, 6.07) is 11.4. The molecule has 0 aliphatic carbocycles. The van der Waals surface area contributed by atoms with Gasteiger partial charge < -0.3 is 9.88 Å². The number of hydrogen-bond donors (Lipinski definition) is 1. The van der Waals surface area contributed by atoms with E-state index >= 15 is 0 Å². The first-order valence-corrected chi connectivity index (χ1v) is 10.0. The van der Waals surface area contributed by atoms with Crippen LogP contribution in [0.2, 0.25) is 5.02 Å². The molecule has 142 valence electrons. The first-order valence-electron chi connectivity index (χ1n) is 8.67. The van der Waals surface area contributed by atoms with Crippen molar-refractivity contribution < 1.29 is 9.59 Å². The number of thioether (sulfide) groups is 1. The molecule has 0 saturated carbocycles. The molecular formula is C20H17ClN4O2S. The van der Waals surface area contributed by atoms with Crippen LogP contribution in [0.15, 0.2) is 41.6 Å². The van der Waals surface area contributed by atoms with Crippen molar-refractivity contribution in [1.82, 2.24) is 14.8 Å². The molecule has 8 heteroatoms. The number of halogens is 1. The van der Waals surface area contributed by atoms with E-state index in [9.17, 15) is 9.59 Å². The number of aryl methyl sites for hydroxylation is 1. The lowest BCUT2D eigenvalue weighted by Crippen LogP contribution is -2.05. The Bertz CT molecular complexity index is 1110. The molecule has 28 heavy (non-hydrogen) atoms. The van der Waals surface area contributed by atoms with Gasteiger partial charge in [0.15, 0.2) is 16.8 Å². The number of fused-ring (bicyclic) bond motifs is 1. The fourth-order valence-electron chi connectivity index (χ4n) is 3.15. The van der Waals surface area contributed by atoms with E-state index in [0.717, 1.165) is 22.5 Å². The van der Waals surface area contributed by atoms with Gasteiger partial charge in [0.1, 0.15) is 0 Å². The first-order chi connectivity index (χ1) is 13.4. The van der Waals surface area contributed by atoms with Gasteiger partial charge in [0.05, 0.1) is 17.2 Å². The Morgan fingerprint density at radius 1 is 1.29 bits per heavy atom. The van der Waals surface area contributed by atoms with E-state index in [2.05, 4.69) is 15.5 Å². The Hall–Kier alpha value is -2.64. The lowest BCUT2D eigenvalue weighted by atomic mass is 10.1. The van der Waals surface area contributed by atoms with Gasteiger partial charge in [0, 0.05) is 23.9 Å². The predicted molar refractivity (Wildman–Crippen MR) is 110 cm³/mol. The van der Waals surface area contributed by atoms with Crippen LogP contribution in [-0.4, -0.2) is 32.2 Å². The van der Waals surface area contributed by atoms with Gasteiger partial charge in [-0.15, -0.1) is 10.2 Å². The SMILES string of the molecule is Cc1cccc(-c2nnc(SCC(=O)c3cc4c(cc3Cl)NC(=O)C4)n2C)c1. The van der Waals surface area contributed by atoms with Crippen LogP contribution < -0.4 is 5.32 Å². The van der Waals surface area contributed by atoms with Crippen molar-refractivity contribution >= 4 is 40.7 Å². The largest absolute Gasteiger partial charge is 0.325 e. The van der Waals surface area contributed by atoms with Crippen LogP contribution in [0.25, 0.3) is 11.4 Å². The number of nitrogens with one attached hydrogen (secondary N) is 1. The number of carbonyl (C=O) groups is 2. The van der Waals surface area contributed by atoms with Crippen LogP contribution >= 0.6 is 23.4 Å². The summed E-state index contributed by atoms with van der Waals surface area (Å²) in [5, 5.41) is 12.2. The Balaban J connectivity index is 1.51. The number of carbonyl (C=O) groups excluding carboxylic acids is 2. The standard InChI is InChI=1S/C20H17ClN4O2S/c1-11-4-3-5-12(6-11)19-23-24-20(25(19)2)28-10-17(26)14-7-13-8-18(27)22-16(13)9-15(14)21/h3-7,9H,8,10H2,1-2H3,(H,22,27). The van der Waals surface area contributed by atoms with E-state index < -0.39 is 0 Å². The molecule has 0 spiro atoms. The van der Waals surface area contributed by atoms with Gasteiger partial charge in [-0.1, -0.05) is 47.1 Å². The summed E-state index contributed by atoms with van der Waals surface area (Å²) in [5.74, 6) is 0.725. The summed E-state index contributed by atoms with van der Waals surface area (Å²) in [5.41, 5.74) is 4.01. The highest BCUT2D eigenvalue weighted by Crippen LogP contribution is 2.31. The highest BCUT2D eigenvalue weighted by molar-refractivity contribution is 7.99. The summed E-state index contributed by atoms with van der Waals surface area (Å²) < 4.78 is 1.87. The molecule has 1 aliphatic rings. The number of rotatable bonds is 5. The molecule has 2 heterocycles. The second-order valence-corrected chi connectivity index (χ2v) is 8.01. The average Bonchev–Trinajstić information content (AvgIpc) is 3.20. The molecule has 4 rings (SSSR count). The molecule has 1 aliphatic heterocycles. The van der Waals surface area contributed by atoms with E-state index in [1.54, 1.807) is 12.1 Å². The molecule has 0 atom stereocenters. The third-order valence-electron chi connectivity index (χ3n) is 4.56. The fourth-order valence-corrected chi connectivity index (χ4v) is 4.21. The van der Waals surface area contributed by atoms with Crippen molar-refractivity contribution in [2.45, 2.75) is 18.5 Å². The van der Waals surface area contributed by atoms with Gasteiger partial charge >= 0.3 is 0 Å². The Kier molecular flexibility index (Phi) is 4.95. The highest BCUT2D eigenvalue weighted by Gasteiger charge is 2.22. The van der Waals surface area contributed by atoms with Crippen LogP contribution in [0.5, 0.6) is 0 Å². The number of nitrogens with zero attached hydrogens (tertiary/aromatic N) is 3. The topological polar surface area (TPSA) is 76.9 Å². The quantitative estimate of drug-likeness (QED) is 0.507. The van der Waals surface area contributed by atoms with Crippen molar-refractivity contribution in [2.24, 2.45) is 7.05 Å². The Morgan fingerprint density at radius 3 is 2.89 bits per heavy atom. The number of aromatic nitrogens is 3. The number of ketones is 1. The molecule has 0 bridgehead atoms. The zero-order valence-corrected chi connectivity index (χ0v) is 16.9. The van der Waals surface area contributed by atoms with E-state index in [1.165, 1.54) is 11.8 Å². The van der Waals surface area contributed by atoms with Crippen molar-refractivity contribution in [3.05, 3.63) is 58.1 Å². The maximum absolute atomic E-state index is 12.7. The first kappa shape index (κ1) is 18.7. The molecule has 6 nitrogen and oxygen atoms in total. The third-order valence-corrected chi connectivity index (χ3v) is 5.89. The minimum Gasteiger partial charge on any atom is -0.325 e. The van der Waals surface area contributed by atoms with Crippen molar-refractivity contribution in [2.75, 3.05) is 11.1 Å². The molecule has 0 fully saturated rings.